The zero-order valence-electron chi connectivity index (χ0n) is 16.3. The van der Waals surface area contributed by atoms with Crippen LogP contribution in [0.2, 0.25) is 0 Å². The van der Waals surface area contributed by atoms with Crippen LogP contribution in [0.4, 0.5) is 0 Å². The Bertz CT molecular complexity index is 671. The van der Waals surface area contributed by atoms with Crippen molar-refractivity contribution in [2.75, 3.05) is 33.7 Å². The summed E-state index contributed by atoms with van der Waals surface area (Å²) in [6, 6.07) is 9.83. The molecule has 26 heavy (non-hydrogen) atoms. The van der Waals surface area contributed by atoms with Crippen molar-refractivity contribution in [3.63, 3.8) is 0 Å². The molecular weight excluding hydrogens is 328 g/mol. The van der Waals surface area contributed by atoms with Crippen LogP contribution in [0, 0.1) is 5.92 Å². The maximum Gasteiger partial charge on any atom is 0.227 e. The summed E-state index contributed by atoms with van der Waals surface area (Å²) in [5, 5.41) is 4.04. The van der Waals surface area contributed by atoms with Gasteiger partial charge in [0.25, 0.3) is 0 Å². The number of likely N-dealkylation sites (N-methyl/N-ethyl adjacent to an activating group) is 2. The van der Waals surface area contributed by atoms with Crippen LogP contribution in [-0.2, 0) is 11.2 Å². The molecule has 1 aromatic heterocycles. The lowest BCUT2D eigenvalue weighted by Crippen LogP contribution is -2.37. The van der Waals surface area contributed by atoms with Gasteiger partial charge in [-0.2, -0.15) is 4.98 Å². The molecule has 0 saturated carbocycles. The molecule has 0 saturated heterocycles. The van der Waals surface area contributed by atoms with Gasteiger partial charge < -0.3 is 14.3 Å². The fourth-order valence-corrected chi connectivity index (χ4v) is 2.65. The van der Waals surface area contributed by atoms with Crippen LogP contribution in [0.3, 0.4) is 0 Å². The fourth-order valence-electron chi connectivity index (χ4n) is 2.65. The van der Waals surface area contributed by atoms with Crippen molar-refractivity contribution < 1.29 is 9.32 Å². The standard InChI is InChI=1S/C20H30N4O2/c1-5-16(2)20(25)24(4)15-14-23(3)13-9-12-18-21-19(22-26-18)17-10-7-6-8-11-17/h6-8,10-11,16H,5,9,12-15H2,1-4H3. The highest BCUT2D eigenvalue weighted by Crippen LogP contribution is 2.15. The lowest BCUT2D eigenvalue weighted by Gasteiger charge is -2.24. The summed E-state index contributed by atoms with van der Waals surface area (Å²) in [5.74, 6) is 1.63. The molecule has 1 amide bonds. The van der Waals surface area contributed by atoms with Crippen molar-refractivity contribution in [3.05, 3.63) is 36.2 Å². The van der Waals surface area contributed by atoms with E-state index in [1.807, 2.05) is 56.1 Å². The normalized spacial score (nSPS) is 12.3. The Kier molecular flexibility index (Phi) is 7.78. The molecular formula is C20H30N4O2. The Hall–Kier alpha value is -2.21. The Morgan fingerprint density at radius 2 is 1.88 bits per heavy atom. The van der Waals surface area contributed by atoms with Gasteiger partial charge in [0.15, 0.2) is 0 Å². The highest BCUT2D eigenvalue weighted by Gasteiger charge is 2.15. The van der Waals surface area contributed by atoms with Crippen molar-refractivity contribution in [1.82, 2.24) is 19.9 Å². The van der Waals surface area contributed by atoms with Gasteiger partial charge in [-0.15, -0.1) is 0 Å². The van der Waals surface area contributed by atoms with Gasteiger partial charge in [-0.25, -0.2) is 0 Å². The first-order chi connectivity index (χ1) is 12.5. The average molecular weight is 358 g/mol. The number of rotatable bonds is 10. The molecule has 0 fully saturated rings. The van der Waals surface area contributed by atoms with Crippen LogP contribution in [-0.4, -0.2) is 59.6 Å². The number of aromatic nitrogens is 2. The molecule has 0 radical (unpaired) electrons. The second-order valence-electron chi connectivity index (χ2n) is 6.85. The highest BCUT2D eigenvalue weighted by atomic mass is 16.5. The van der Waals surface area contributed by atoms with E-state index in [1.165, 1.54) is 0 Å². The summed E-state index contributed by atoms with van der Waals surface area (Å²) in [5.41, 5.74) is 0.966. The minimum atomic E-state index is 0.0987. The number of aryl methyl sites for hydroxylation is 1. The van der Waals surface area contributed by atoms with E-state index in [0.717, 1.165) is 44.5 Å². The monoisotopic (exact) mass is 358 g/mol. The smallest absolute Gasteiger partial charge is 0.227 e. The summed E-state index contributed by atoms with van der Waals surface area (Å²) >= 11 is 0. The molecule has 0 aliphatic rings. The molecule has 0 bridgehead atoms. The maximum atomic E-state index is 12.1. The first-order valence-corrected chi connectivity index (χ1v) is 9.32. The van der Waals surface area contributed by atoms with E-state index >= 15 is 0 Å². The van der Waals surface area contributed by atoms with Crippen molar-refractivity contribution in [1.29, 1.82) is 0 Å². The third kappa shape index (κ3) is 5.95. The van der Waals surface area contributed by atoms with E-state index in [1.54, 1.807) is 0 Å². The molecule has 2 aromatic rings. The maximum absolute atomic E-state index is 12.1. The van der Waals surface area contributed by atoms with E-state index in [4.69, 9.17) is 4.52 Å². The summed E-state index contributed by atoms with van der Waals surface area (Å²) in [4.78, 5) is 20.6. The quantitative estimate of drug-likeness (QED) is 0.653. The van der Waals surface area contributed by atoms with Gasteiger partial charge in [-0.1, -0.05) is 49.3 Å². The first kappa shape index (κ1) is 20.1. The lowest BCUT2D eigenvalue weighted by atomic mass is 10.1. The van der Waals surface area contributed by atoms with Crippen LogP contribution in [0.1, 0.15) is 32.6 Å². The molecule has 0 aliphatic carbocycles. The molecule has 1 unspecified atom stereocenters. The van der Waals surface area contributed by atoms with Crippen LogP contribution in [0.15, 0.2) is 34.9 Å². The third-order valence-electron chi connectivity index (χ3n) is 4.66. The molecule has 1 atom stereocenters. The molecule has 142 valence electrons. The number of benzene rings is 1. The summed E-state index contributed by atoms with van der Waals surface area (Å²) in [6.07, 6.45) is 2.58. The number of hydrogen-bond acceptors (Lipinski definition) is 5. The van der Waals surface area contributed by atoms with Gasteiger partial charge >= 0.3 is 0 Å². The van der Waals surface area contributed by atoms with E-state index in [-0.39, 0.29) is 11.8 Å². The van der Waals surface area contributed by atoms with Crippen LogP contribution >= 0.6 is 0 Å². The highest BCUT2D eigenvalue weighted by molar-refractivity contribution is 5.78. The Morgan fingerprint density at radius 1 is 1.15 bits per heavy atom. The summed E-state index contributed by atoms with van der Waals surface area (Å²) < 4.78 is 5.34. The minimum Gasteiger partial charge on any atom is -0.344 e. The van der Waals surface area contributed by atoms with Gasteiger partial charge in [-0.3, -0.25) is 4.79 Å². The zero-order valence-corrected chi connectivity index (χ0v) is 16.3. The van der Waals surface area contributed by atoms with Crippen LogP contribution in [0.5, 0.6) is 0 Å². The lowest BCUT2D eigenvalue weighted by molar-refractivity contribution is -0.133. The van der Waals surface area contributed by atoms with E-state index in [2.05, 4.69) is 22.1 Å². The molecule has 1 heterocycles. The number of carbonyl (C=O) groups excluding carboxylic acids is 1. The number of amides is 1. The van der Waals surface area contributed by atoms with Gasteiger partial charge in [0.05, 0.1) is 0 Å². The SMILES string of the molecule is CCC(C)C(=O)N(C)CCN(C)CCCc1nc(-c2ccccc2)no1. The van der Waals surface area contributed by atoms with Crippen molar-refractivity contribution in [2.24, 2.45) is 5.92 Å². The second-order valence-corrected chi connectivity index (χ2v) is 6.85. The van der Waals surface area contributed by atoms with Crippen molar-refractivity contribution in [3.8, 4) is 11.4 Å². The molecule has 6 nitrogen and oxygen atoms in total. The largest absolute Gasteiger partial charge is 0.344 e. The predicted octanol–water partition coefficient (Wildman–Crippen LogP) is 3.11. The molecule has 0 spiro atoms. The third-order valence-corrected chi connectivity index (χ3v) is 4.66. The van der Waals surface area contributed by atoms with E-state index in [0.29, 0.717) is 11.7 Å². The Morgan fingerprint density at radius 3 is 2.58 bits per heavy atom. The van der Waals surface area contributed by atoms with Gasteiger partial charge in [0.1, 0.15) is 0 Å². The summed E-state index contributed by atoms with van der Waals surface area (Å²) in [7, 11) is 3.96. The predicted molar refractivity (Wildman–Crippen MR) is 103 cm³/mol. The average Bonchev–Trinajstić information content (AvgIpc) is 3.14. The summed E-state index contributed by atoms with van der Waals surface area (Å²) in [6.45, 7) is 6.56. The number of hydrogen-bond donors (Lipinski definition) is 0. The molecule has 2 rings (SSSR count). The van der Waals surface area contributed by atoms with Gasteiger partial charge in [-0.05, 0) is 26.4 Å². The molecule has 0 N–H and O–H groups in total. The van der Waals surface area contributed by atoms with Gasteiger partial charge in [0, 0.05) is 38.0 Å². The van der Waals surface area contributed by atoms with E-state index < -0.39 is 0 Å². The Labute approximate surface area is 156 Å². The zero-order chi connectivity index (χ0) is 18.9. The molecule has 6 heteroatoms. The first-order valence-electron chi connectivity index (χ1n) is 9.32. The van der Waals surface area contributed by atoms with Crippen molar-refractivity contribution in [2.45, 2.75) is 33.1 Å². The number of nitrogens with zero attached hydrogens (tertiary/aromatic N) is 4. The molecule has 1 aromatic carbocycles. The second kappa shape index (κ2) is 10.1. The Balaban J connectivity index is 1.69. The van der Waals surface area contributed by atoms with Crippen LogP contribution in [0.25, 0.3) is 11.4 Å². The topological polar surface area (TPSA) is 62.5 Å². The number of carbonyl (C=O) groups is 1. The molecule has 0 aliphatic heterocycles. The minimum absolute atomic E-state index is 0.0987. The van der Waals surface area contributed by atoms with Crippen LogP contribution < -0.4 is 0 Å². The van der Waals surface area contributed by atoms with Crippen molar-refractivity contribution >= 4 is 5.91 Å². The van der Waals surface area contributed by atoms with E-state index in [9.17, 15) is 4.79 Å². The van der Waals surface area contributed by atoms with Gasteiger partial charge in [0.2, 0.25) is 17.6 Å². The fraction of sp³-hybridized carbons (Fsp3) is 0.550.